The van der Waals surface area contributed by atoms with E-state index in [4.69, 9.17) is 11.6 Å². The zero-order valence-electron chi connectivity index (χ0n) is 14.1. The summed E-state index contributed by atoms with van der Waals surface area (Å²) in [6.07, 6.45) is 3.65. The summed E-state index contributed by atoms with van der Waals surface area (Å²) in [5, 5.41) is 15.6. The summed E-state index contributed by atoms with van der Waals surface area (Å²) in [6.45, 7) is 1.64. The number of aliphatic hydroxyl groups excluding tert-OH is 1. The largest absolute Gasteiger partial charge is 0.393 e. The molecule has 6 nitrogen and oxygen atoms in total. The predicted octanol–water partition coefficient (Wildman–Crippen LogP) is 1.17. The van der Waals surface area contributed by atoms with E-state index in [-0.39, 0.29) is 30.5 Å². The number of rotatable bonds is 5. The van der Waals surface area contributed by atoms with Crippen molar-refractivity contribution < 1.29 is 14.7 Å². The average Bonchev–Trinajstić information content (AvgIpc) is 2.56. The lowest BCUT2D eigenvalue weighted by Crippen LogP contribution is -2.63. The van der Waals surface area contributed by atoms with E-state index >= 15 is 0 Å². The Balaban J connectivity index is 1.34. The lowest BCUT2D eigenvalue weighted by atomic mass is 9.89. The monoisotopic (exact) mass is 365 g/mol. The highest BCUT2D eigenvalue weighted by Gasteiger charge is 2.34. The molecule has 2 aliphatic rings. The van der Waals surface area contributed by atoms with E-state index in [2.05, 4.69) is 15.5 Å². The van der Waals surface area contributed by atoms with Crippen molar-refractivity contribution in [3.8, 4) is 0 Å². The number of carbonyl (C=O) groups excluding carboxylic acids is 2. The Morgan fingerprint density at radius 2 is 1.92 bits per heavy atom. The van der Waals surface area contributed by atoms with E-state index in [9.17, 15) is 14.7 Å². The number of nitrogens with one attached hydrogen (secondary N) is 2. The molecule has 1 aromatic carbocycles. The number of hydrogen-bond donors (Lipinski definition) is 3. The molecule has 1 aromatic rings. The molecule has 3 rings (SSSR count). The van der Waals surface area contributed by atoms with Crippen LogP contribution in [0.15, 0.2) is 24.3 Å². The van der Waals surface area contributed by atoms with Gasteiger partial charge in [-0.05, 0) is 43.9 Å². The first-order valence-electron chi connectivity index (χ1n) is 8.76. The van der Waals surface area contributed by atoms with Gasteiger partial charge < -0.3 is 15.7 Å². The second-order valence-electron chi connectivity index (χ2n) is 6.87. The van der Waals surface area contributed by atoms with Crippen molar-refractivity contribution in [2.24, 2.45) is 0 Å². The minimum absolute atomic E-state index is 0.0442. The summed E-state index contributed by atoms with van der Waals surface area (Å²) < 4.78 is 0. The zero-order chi connectivity index (χ0) is 17.8. The van der Waals surface area contributed by atoms with Gasteiger partial charge in [-0.25, -0.2) is 0 Å². The van der Waals surface area contributed by atoms with Crippen molar-refractivity contribution in [2.75, 3.05) is 19.6 Å². The maximum Gasteiger partial charge on any atom is 0.251 e. The summed E-state index contributed by atoms with van der Waals surface area (Å²) >= 11 is 5.85. The van der Waals surface area contributed by atoms with Gasteiger partial charge in [0, 0.05) is 29.7 Å². The minimum atomic E-state index is -0.311. The topological polar surface area (TPSA) is 81.7 Å². The Kier molecular flexibility index (Phi) is 5.93. The zero-order valence-corrected chi connectivity index (χ0v) is 14.8. The van der Waals surface area contributed by atoms with Crippen molar-refractivity contribution in [3.05, 3.63) is 34.9 Å². The molecule has 0 atom stereocenters. The number of benzene rings is 1. The third-order valence-corrected chi connectivity index (χ3v) is 5.19. The molecule has 136 valence electrons. The number of nitrogens with zero attached hydrogens (tertiary/aromatic N) is 1. The summed E-state index contributed by atoms with van der Waals surface area (Å²) in [6, 6.07) is 7.29. The van der Waals surface area contributed by atoms with Crippen LogP contribution in [0, 0.1) is 0 Å². The van der Waals surface area contributed by atoms with Crippen LogP contribution in [0.25, 0.3) is 0 Å². The number of carbonyl (C=O) groups is 2. The SMILES string of the molecule is O=C(CNC(=O)c1cccc(Cl)c1)NC1CN([C@H]2CC[C@H](O)CC2)C1. The molecular weight excluding hydrogens is 342 g/mol. The number of amides is 2. The van der Waals surface area contributed by atoms with Gasteiger partial charge in [-0.15, -0.1) is 0 Å². The van der Waals surface area contributed by atoms with Crippen LogP contribution in [-0.2, 0) is 4.79 Å². The van der Waals surface area contributed by atoms with E-state index < -0.39 is 0 Å². The number of hydrogen-bond acceptors (Lipinski definition) is 4. The summed E-state index contributed by atoms with van der Waals surface area (Å²) in [5.41, 5.74) is 0.439. The lowest BCUT2D eigenvalue weighted by molar-refractivity contribution is -0.122. The molecule has 0 bridgehead atoms. The molecule has 0 spiro atoms. The first kappa shape index (κ1) is 18.2. The van der Waals surface area contributed by atoms with E-state index in [1.54, 1.807) is 24.3 Å². The van der Waals surface area contributed by atoms with Gasteiger partial charge in [-0.2, -0.15) is 0 Å². The maximum atomic E-state index is 12.0. The molecule has 0 radical (unpaired) electrons. The van der Waals surface area contributed by atoms with E-state index in [1.807, 2.05) is 0 Å². The Morgan fingerprint density at radius 1 is 1.20 bits per heavy atom. The van der Waals surface area contributed by atoms with Crippen molar-refractivity contribution in [3.63, 3.8) is 0 Å². The van der Waals surface area contributed by atoms with Crippen molar-refractivity contribution in [2.45, 2.75) is 43.9 Å². The summed E-state index contributed by atoms with van der Waals surface area (Å²) in [7, 11) is 0. The van der Waals surface area contributed by atoms with Gasteiger partial charge in [0.05, 0.1) is 18.7 Å². The normalized spacial score (nSPS) is 24.4. The van der Waals surface area contributed by atoms with E-state index in [0.717, 1.165) is 38.8 Å². The lowest BCUT2D eigenvalue weighted by Gasteiger charge is -2.46. The third kappa shape index (κ3) is 4.93. The molecule has 0 unspecified atom stereocenters. The fourth-order valence-electron chi connectivity index (χ4n) is 3.50. The molecule has 2 fully saturated rings. The Morgan fingerprint density at radius 3 is 2.60 bits per heavy atom. The van der Waals surface area contributed by atoms with Crippen LogP contribution in [0.4, 0.5) is 0 Å². The molecular formula is C18H24ClN3O3. The molecule has 1 saturated carbocycles. The van der Waals surface area contributed by atoms with Crippen LogP contribution in [0.3, 0.4) is 0 Å². The van der Waals surface area contributed by atoms with Gasteiger partial charge >= 0.3 is 0 Å². The molecule has 0 aromatic heterocycles. The van der Waals surface area contributed by atoms with Gasteiger partial charge in [0.1, 0.15) is 0 Å². The Bertz CT molecular complexity index is 626. The Hall–Kier alpha value is -1.63. The van der Waals surface area contributed by atoms with Crippen LogP contribution in [0.5, 0.6) is 0 Å². The molecule has 1 saturated heterocycles. The molecule has 1 heterocycles. The van der Waals surface area contributed by atoms with Crippen LogP contribution in [-0.4, -0.2) is 59.6 Å². The van der Waals surface area contributed by atoms with E-state index in [0.29, 0.717) is 16.6 Å². The standard InChI is InChI=1S/C18H24ClN3O3/c19-13-3-1-2-12(8-13)18(25)20-9-17(24)21-14-10-22(11-14)15-4-6-16(23)7-5-15/h1-3,8,14-16,23H,4-7,9-11H2,(H,20,25)(H,21,24)/t15-,16-. The van der Waals surface area contributed by atoms with Crippen molar-refractivity contribution in [1.29, 1.82) is 0 Å². The number of aliphatic hydroxyl groups is 1. The number of likely N-dealkylation sites (tertiary alicyclic amines) is 1. The first-order valence-corrected chi connectivity index (χ1v) is 9.14. The summed E-state index contributed by atoms with van der Waals surface area (Å²) in [5.74, 6) is -0.493. The van der Waals surface area contributed by atoms with Gasteiger partial charge in [-0.1, -0.05) is 17.7 Å². The quantitative estimate of drug-likeness (QED) is 0.731. The smallest absolute Gasteiger partial charge is 0.251 e. The van der Waals surface area contributed by atoms with E-state index in [1.165, 1.54) is 0 Å². The second kappa shape index (κ2) is 8.17. The molecule has 25 heavy (non-hydrogen) atoms. The van der Waals surface area contributed by atoms with Crippen LogP contribution >= 0.6 is 11.6 Å². The van der Waals surface area contributed by atoms with Gasteiger partial charge in [0.25, 0.3) is 5.91 Å². The van der Waals surface area contributed by atoms with Gasteiger partial charge in [0.15, 0.2) is 0 Å². The second-order valence-corrected chi connectivity index (χ2v) is 7.31. The molecule has 1 aliphatic carbocycles. The van der Waals surface area contributed by atoms with Crippen molar-refractivity contribution >= 4 is 23.4 Å². The van der Waals surface area contributed by atoms with Crippen LogP contribution in [0.1, 0.15) is 36.0 Å². The molecule has 3 N–H and O–H groups in total. The highest BCUT2D eigenvalue weighted by molar-refractivity contribution is 6.30. The van der Waals surface area contributed by atoms with Gasteiger partial charge in [-0.3, -0.25) is 14.5 Å². The summed E-state index contributed by atoms with van der Waals surface area (Å²) in [4.78, 5) is 26.3. The van der Waals surface area contributed by atoms with Gasteiger partial charge in [0.2, 0.25) is 5.91 Å². The predicted molar refractivity (Wildman–Crippen MR) is 95.6 cm³/mol. The molecule has 7 heteroatoms. The maximum absolute atomic E-state index is 12.0. The minimum Gasteiger partial charge on any atom is -0.393 e. The molecule has 1 aliphatic heterocycles. The highest BCUT2D eigenvalue weighted by Crippen LogP contribution is 2.26. The first-order chi connectivity index (χ1) is 12.0. The Labute approximate surface area is 152 Å². The highest BCUT2D eigenvalue weighted by atomic mass is 35.5. The molecule has 2 amide bonds. The fraction of sp³-hybridized carbons (Fsp3) is 0.556. The number of halogens is 1. The van der Waals surface area contributed by atoms with Crippen molar-refractivity contribution in [1.82, 2.24) is 15.5 Å². The average molecular weight is 366 g/mol. The fourth-order valence-corrected chi connectivity index (χ4v) is 3.69. The van der Waals surface area contributed by atoms with Crippen LogP contribution < -0.4 is 10.6 Å². The van der Waals surface area contributed by atoms with Crippen LogP contribution in [0.2, 0.25) is 5.02 Å². The third-order valence-electron chi connectivity index (χ3n) is 4.95.